The second-order valence-electron chi connectivity index (χ2n) is 4.96. The number of hydrogen-bond donors (Lipinski definition) is 1. The summed E-state index contributed by atoms with van der Waals surface area (Å²) >= 11 is 0. The fourth-order valence-corrected chi connectivity index (χ4v) is 1.78. The maximum atomic E-state index is 10.6. The molecule has 0 spiro atoms. The summed E-state index contributed by atoms with van der Waals surface area (Å²) in [6.07, 6.45) is 19.4. The van der Waals surface area contributed by atoms with Gasteiger partial charge in [0.1, 0.15) is 0 Å². The molecule has 0 bridgehead atoms. The van der Waals surface area contributed by atoms with Crippen molar-refractivity contribution in [3.63, 3.8) is 0 Å². The third-order valence-corrected chi connectivity index (χ3v) is 3.01. The van der Waals surface area contributed by atoms with Gasteiger partial charge in [-0.15, -0.1) is 0 Å². The predicted octanol–water partition coefficient (Wildman–Crippen LogP) is 4.48. The van der Waals surface area contributed by atoms with Gasteiger partial charge in [0.25, 0.3) is 6.29 Å². The Labute approximate surface area is 134 Å². The van der Waals surface area contributed by atoms with Crippen LogP contribution in [0.1, 0.15) is 51.9 Å². The molecule has 0 rings (SSSR count). The van der Waals surface area contributed by atoms with Crippen LogP contribution in [0.5, 0.6) is 0 Å². The zero-order valence-electron chi connectivity index (χ0n) is 13.9. The summed E-state index contributed by atoms with van der Waals surface area (Å²) in [6, 6.07) is 0. The van der Waals surface area contributed by atoms with E-state index in [9.17, 15) is 4.79 Å². The molecule has 0 radical (unpaired) electrons. The lowest BCUT2D eigenvalue weighted by molar-refractivity contribution is -0.180. The number of rotatable bonds is 14. The van der Waals surface area contributed by atoms with Crippen LogP contribution in [0.15, 0.2) is 36.5 Å². The van der Waals surface area contributed by atoms with Gasteiger partial charge in [0.2, 0.25) is 0 Å². The first kappa shape index (κ1) is 20.6. The van der Waals surface area contributed by atoms with E-state index in [1.807, 2.05) is 12.2 Å². The largest absolute Gasteiger partial charge is 0.477 e. The molecule has 0 heterocycles. The van der Waals surface area contributed by atoms with Crippen molar-refractivity contribution in [1.82, 2.24) is 0 Å². The molecule has 4 heteroatoms. The van der Waals surface area contributed by atoms with Gasteiger partial charge in [0.05, 0.1) is 6.61 Å². The normalized spacial score (nSPS) is 13.5. The minimum Gasteiger partial charge on any atom is -0.477 e. The summed E-state index contributed by atoms with van der Waals surface area (Å²) in [5.74, 6) is -1.11. The van der Waals surface area contributed by atoms with Crippen LogP contribution in [0.3, 0.4) is 0 Å². The number of unbranched alkanes of at least 4 members (excludes halogenated alkanes) is 4. The Hall–Kier alpha value is -1.39. The fourth-order valence-electron chi connectivity index (χ4n) is 1.78. The van der Waals surface area contributed by atoms with Crippen molar-refractivity contribution in [1.29, 1.82) is 0 Å². The standard InChI is InChI=1S/C18H30O4/c1-3-4-5-6-7-8-9-10-11-12-13-14-15-16-22-18(21-2)17(19)20/h7-8,10-11,14-15,18H,3-6,9,12-13,16H2,1-2H3,(H,19,20)/b8-7-,11-10-,15-14+. The van der Waals surface area contributed by atoms with E-state index in [0.29, 0.717) is 0 Å². The van der Waals surface area contributed by atoms with E-state index in [1.54, 1.807) is 0 Å². The van der Waals surface area contributed by atoms with Gasteiger partial charge in [-0.25, -0.2) is 4.79 Å². The molecule has 0 amide bonds. The number of methoxy groups -OCH3 is 1. The summed E-state index contributed by atoms with van der Waals surface area (Å²) in [4.78, 5) is 10.6. The molecule has 0 aromatic rings. The Morgan fingerprint density at radius 2 is 1.64 bits per heavy atom. The van der Waals surface area contributed by atoms with Gasteiger partial charge in [-0.3, -0.25) is 0 Å². The van der Waals surface area contributed by atoms with Crippen LogP contribution in [0.2, 0.25) is 0 Å². The van der Waals surface area contributed by atoms with Crippen LogP contribution < -0.4 is 0 Å². The molecule has 0 aliphatic heterocycles. The average molecular weight is 310 g/mol. The van der Waals surface area contributed by atoms with Gasteiger partial charge in [0.15, 0.2) is 0 Å². The molecule has 4 nitrogen and oxygen atoms in total. The summed E-state index contributed by atoms with van der Waals surface area (Å²) in [5.41, 5.74) is 0. The lowest BCUT2D eigenvalue weighted by atomic mass is 10.2. The highest BCUT2D eigenvalue weighted by atomic mass is 16.7. The number of hydrogen-bond acceptors (Lipinski definition) is 3. The number of carbonyl (C=O) groups is 1. The van der Waals surface area contributed by atoms with Crippen molar-refractivity contribution in [2.45, 2.75) is 58.2 Å². The molecule has 1 N–H and O–H groups in total. The summed E-state index contributed by atoms with van der Waals surface area (Å²) in [7, 11) is 1.31. The van der Waals surface area contributed by atoms with Crippen LogP contribution in [-0.4, -0.2) is 31.1 Å². The molecule has 0 aromatic carbocycles. The van der Waals surface area contributed by atoms with E-state index in [1.165, 1.54) is 32.8 Å². The number of ether oxygens (including phenoxy) is 2. The lowest BCUT2D eigenvalue weighted by Crippen LogP contribution is -2.25. The van der Waals surface area contributed by atoms with E-state index in [4.69, 9.17) is 9.84 Å². The van der Waals surface area contributed by atoms with Gasteiger partial charge < -0.3 is 14.6 Å². The Bertz CT molecular complexity index is 345. The van der Waals surface area contributed by atoms with Crippen molar-refractivity contribution in [3.05, 3.63) is 36.5 Å². The van der Waals surface area contributed by atoms with Crippen LogP contribution >= 0.6 is 0 Å². The Kier molecular flexibility index (Phi) is 15.0. The Morgan fingerprint density at radius 1 is 1.00 bits per heavy atom. The van der Waals surface area contributed by atoms with Gasteiger partial charge in [-0.1, -0.05) is 56.2 Å². The van der Waals surface area contributed by atoms with E-state index in [0.717, 1.165) is 19.3 Å². The number of carboxylic acid groups (broad SMARTS) is 1. The SMILES string of the molecule is CCCCC/C=C\C/C=C\CC/C=C/COC(OC)C(=O)O. The molecule has 0 saturated carbocycles. The third-order valence-electron chi connectivity index (χ3n) is 3.01. The summed E-state index contributed by atoms with van der Waals surface area (Å²) in [6.45, 7) is 2.46. The van der Waals surface area contributed by atoms with Crippen LogP contribution in [0.25, 0.3) is 0 Å². The predicted molar refractivity (Wildman–Crippen MR) is 89.8 cm³/mol. The quantitative estimate of drug-likeness (QED) is 0.292. The maximum Gasteiger partial charge on any atom is 0.361 e. The van der Waals surface area contributed by atoms with Gasteiger partial charge >= 0.3 is 5.97 Å². The lowest BCUT2D eigenvalue weighted by Gasteiger charge is -2.08. The van der Waals surface area contributed by atoms with E-state index in [-0.39, 0.29) is 6.61 Å². The Morgan fingerprint density at radius 3 is 2.23 bits per heavy atom. The number of allylic oxidation sites excluding steroid dienone is 5. The second kappa shape index (κ2) is 16.0. The van der Waals surface area contributed by atoms with E-state index >= 15 is 0 Å². The Balaban J connectivity index is 3.49. The first-order valence-electron chi connectivity index (χ1n) is 8.04. The smallest absolute Gasteiger partial charge is 0.361 e. The summed E-state index contributed by atoms with van der Waals surface area (Å²) < 4.78 is 9.67. The average Bonchev–Trinajstić information content (AvgIpc) is 2.51. The summed E-state index contributed by atoms with van der Waals surface area (Å²) in [5, 5.41) is 8.69. The van der Waals surface area contributed by atoms with E-state index in [2.05, 4.69) is 36.0 Å². The first-order chi connectivity index (χ1) is 10.7. The molecule has 0 fully saturated rings. The molecule has 0 aliphatic rings. The van der Waals surface area contributed by atoms with Crippen molar-refractivity contribution < 1.29 is 19.4 Å². The van der Waals surface area contributed by atoms with Gasteiger partial charge in [0, 0.05) is 7.11 Å². The second-order valence-corrected chi connectivity index (χ2v) is 4.96. The maximum absolute atomic E-state index is 10.6. The minimum atomic E-state index is -1.19. The van der Waals surface area contributed by atoms with Crippen LogP contribution in [0, 0.1) is 0 Å². The molecule has 0 aliphatic carbocycles. The number of carboxylic acids is 1. The number of aliphatic carboxylic acids is 1. The monoisotopic (exact) mass is 310 g/mol. The minimum absolute atomic E-state index is 0.245. The third kappa shape index (κ3) is 13.6. The highest BCUT2D eigenvalue weighted by Crippen LogP contribution is 2.01. The highest BCUT2D eigenvalue weighted by Gasteiger charge is 2.15. The van der Waals surface area contributed by atoms with Crippen LogP contribution in [0.4, 0.5) is 0 Å². The first-order valence-corrected chi connectivity index (χ1v) is 8.04. The fraction of sp³-hybridized carbons (Fsp3) is 0.611. The van der Waals surface area contributed by atoms with Crippen molar-refractivity contribution in [2.75, 3.05) is 13.7 Å². The molecule has 0 aromatic heterocycles. The van der Waals surface area contributed by atoms with Crippen molar-refractivity contribution in [2.24, 2.45) is 0 Å². The highest BCUT2D eigenvalue weighted by molar-refractivity contribution is 5.70. The molecule has 1 unspecified atom stereocenters. The molecule has 0 saturated heterocycles. The zero-order chi connectivity index (χ0) is 16.5. The molecule has 1 atom stereocenters. The van der Waals surface area contributed by atoms with Crippen molar-refractivity contribution >= 4 is 5.97 Å². The van der Waals surface area contributed by atoms with E-state index < -0.39 is 12.3 Å². The van der Waals surface area contributed by atoms with Gasteiger partial charge in [-0.05, 0) is 32.1 Å². The molecule has 22 heavy (non-hydrogen) atoms. The van der Waals surface area contributed by atoms with Crippen LogP contribution in [-0.2, 0) is 14.3 Å². The topological polar surface area (TPSA) is 55.8 Å². The molecular weight excluding hydrogens is 280 g/mol. The zero-order valence-corrected chi connectivity index (χ0v) is 13.9. The van der Waals surface area contributed by atoms with Crippen molar-refractivity contribution in [3.8, 4) is 0 Å². The van der Waals surface area contributed by atoms with Gasteiger partial charge in [-0.2, -0.15) is 0 Å². The molecule has 126 valence electrons. The molecular formula is C18H30O4.